The summed E-state index contributed by atoms with van der Waals surface area (Å²) in [5, 5.41) is 0. The Morgan fingerprint density at radius 2 is 1.08 bits per heavy atom. The Morgan fingerprint density at radius 1 is 0.692 bits per heavy atom. The van der Waals surface area contributed by atoms with Gasteiger partial charge in [0.05, 0.1) is 22.8 Å². The van der Waals surface area contributed by atoms with Crippen molar-refractivity contribution in [2.75, 3.05) is 38.1 Å². The molecule has 8 heteroatoms. The Labute approximate surface area is 238 Å². The molecule has 0 radical (unpaired) electrons. The first-order chi connectivity index (χ1) is 18.6. The number of unbranched alkanes of at least 4 members (excludes halogenated alkanes) is 6. The molecule has 0 aliphatic heterocycles. The number of nitrogens with zero attached hydrogens (tertiary/aromatic N) is 3. The van der Waals surface area contributed by atoms with E-state index in [1.165, 1.54) is 25.7 Å². The van der Waals surface area contributed by atoms with Gasteiger partial charge in [0.2, 0.25) is 0 Å². The van der Waals surface area contributed by atoms with E-state index in [1.54, 1.807) is 33.7 Å². The quantitative estimate of drug-likeness (QED) is 0.160. The van der Waals surface area contributed by atoms with Gasteiger partial charge in [-0.2, -0.15) is 0 Å². The molecule has 2 aromatic heterocycles. The van der Waals surface area contributed by atoms with Gasteiger partial charge in [-0.25, -0.2) is 0 Å². The predicted octanol–water partition coefficient (Wildman–Crippen LogP) is 6.20. The zero-order valence-corrected chi connectivity index (χ0v) is 25.8. The molecule has 0 saturated carbocycles. The number of ketones is 2. The zero-order chi connectivity index (χ0) is 29.6. The molecule has 39 heavy (non-hydrogen) atoms. The van der Waals surface area contributed by atoms with Crippen molar-refractivity contribution in [3.8, 4) is 0 Å². The van der Waals surface area contributed by atoms with Crippen LogP contribution in [0.2, 0.25) is 0 Å². The van der Waals surface area contributed by atoms with Gasteiger partial charge in [0, 0.05) is 39.3 Å². The average molecular weight is 547 g/mol. The summed E-state index contributed by atoms with van der Waals surface area (Å²) in [5.74, 6) is 0.362. The number of hydrogen-bond acceptors (Lipinski definition) is 6. The van der Waals surface area contributed by atoms with E-state index >= 15 is 0 Å². The van der Waals surface area contributed by atoms with Crippen molar-refractivity contribution in [3.05, 3.63) is 35.9 Å². The summed E-state index contributed by atoms with van der Waals surface area (Å²) in [6.45, 7) is 9.37. The highest BCUT2D eigenvalue weighted by atomic mass is 16.1. The molecule has 0 saturated heterocycles. The molecule has 0 bridgehead atoms. The Morgan fingerprint density at radius 3 is 1.44 bits per heavy atom. The molecule has 2 aromatic rings. The molecule has 0 amide bonds. The topological polar surface area (TPSA) is 125 Å². The van der Waals surface area contributed by atoms with E-state index in [4.69, 9.17) is 17.2 Å². The number of rotatable bonds is 17. The SMILES string of the molecule is CCCCCC.CCCCCC(=O)c1cc(N)cn1C.CN(CCCN)CCCCC(=O)c1cc(N)cn1C. The summed E-state index contributed by atoms with van der Waals surface area (Å²) in [7, 11) is 5.79. The van der Waals surface area contributed by atoms with E-state index in [9.17, 15) is 9.59 Å². The van der Waals surface area contributed by atoms with Gasteiger partial charge in [-0.1, -0.05) is 59.3 Å². The summed E-state index contributed by atoms with van der Waals surface area (Å²) in [6.07, 6.45) is 16.5. The molecule has 0 spiro atoms. The smallest absolute Gasteiger partial charge is 0.179 e. The summed E-state index contributed by atoms with van der Waals surface area (Å²) in [4.78, 5) is 25.9. The highest BCUT2D eigenvalue weighted by Gasteiger charge is 2.11. The van der Waals surface area contributed by atoms with Crippen LogP contribution >= 0.6 is 0 Å². The normalized spacial score (nSPS) is 10.6. The Balaban J connectivity index is 0.000000631. The standard InChI is InChI=1S/C14H26N4O.C11H18N2O.C6H14/c1-17(9-5-7-15)8-4-3-6-14(19)13-10-12(16)11-18(13)2;1-3-4-5-6-11(14)10-7-9(12)8-13(10)2;1-3-5-6-4-2/h10-11H,3-9,15-16H2,1-2H3;7-8H,3-6,12H2,1-2H3;3-6H2,1-2H3. The van der Waals surface area contributed by atoms with Gasteiger partial charge in [0.25, 0.3) is 0 Å². The molecule has 0 atom stereocenters. The predicted molar refractivity (Wildman–Crippen MR) is 167 cm³/mol. The molecule has 0 unspecified atom stereocenters. The lowest BCUT2D eigenvalue weighted by Gasteiger charge is -2.15. The number of anilines is 2. The molecular formula is C31H58N6O2. The van der Waals surface area contributed by atoms with Crippen LogP contribution in [0.1, 0.15) is 119 Å². The molecule has 2 heterocycles. The van der Waals surface area contributed by atoms with Gasteiger partial charge < -0.3 is 31.2 Å². The highest BCUT2D eigenvalue weighted by Crippen LogP contribution is 2.14. The first-order valence-electron chi connectivity index (χ1n) is 14.9. The second-order valence-corrected chi connectivity index (χ2v) is 10.5. The van der Waals surface area contributed by atoms with Gasteiger partial charge in [0.1, 0.15) is 0 Å². The number of Topliss-reactive ketones (excluding diaryl/α,β-unsaturated/α-hetero) is 2. The highest BCUT2D eigenvalue weighted by molar-refractivity contribution is 5.96. The van der Waals surface area contributed by atoms with E-state index in [0.29, 0.717) is 29.9 Å². The number of carbonyl (C=O) groups excluding carboxylic acids is 2. The minimum absolute atomic E-state index is 0.170. The van der Waals surface area contributed by atoms with Crippen LogP contribution in [0.25, 0.3) is 0 Å². The Hall–Kier alpha value is -2.58. The molecule has 0 aromatic carbocycles. The van der Waals surface area contributed by atoms with Gasteiger partial charge in [-0.3, -0.25) is 9.59 Å². The van der Waals surface area contributed by atoms with Crippen molar-refractivity contribution < 1.29 is 9.59 Å². The first-order valence-corrected chi connectivity index (χ1v) is 14.9. The van der Waals surface area contributed by atoms with Gasteiger partial charge in [0.15, 0.2) is 11.6 Å². The molecule has 2 rings (SSSR count). The lowest BCUT2D eigenvalue weighted by atomic mass is 10.1. The maximum absolute atomic E-state index is 12.0. The Bertz CT molecular complexity index is 914. The summed E-state index contributed by atoms with van der Waals surface area (Å²) >= 11 is 0. The number of aryl methyl sites for hydroxylation is 2. The molecule has 224 valence electrons. The lowest BCUT2D eigenvalue weighted by Crippen LogP contribution is -2.23. The average Bonchev–Trinajstić information content (AvgIpc) is 3.43. The number of hydrogen-bond donors (Lipinski definition) is 3. The second kappa shape index (κ2) is 22.3. The minimum atomic E-state index is 0.170. The van der Waals surface area contributed by atoms with Crippen LogP contribution in [-0.4, -0.2) is 52.3 Å². The van der Waals surface area contributed by atoms with Gasteiger partial charge in [-0.15, -0.1) is 0 Å². The fourth-order valence-corrected chi connectivity index (χ4v) is 4.17. The van der Waals surface area contributed by atoms with Gasteiger partial charge >= 0.3 is 0 Å². The fourth-order valence-electron chi connectivity index (χ4n) is 4.17. The first kappa shape index (κ1) is 36.4. The van der Waals surface area contributed by atoms with Crippen LogP contribution in [-0.2, 0) is 14.1 Å². The van der Waals surface area contributed by atoms with Crippen LogP contribution in [0.4, 0.5) is 11.4 Å². The molecule has 8 nitrogen and oxygen atoms in total. The van der Waals surface area contributed by atoms with Crippen LogP contribution in [0, 0.1) is 0 Å². The molecule has 0 fully saturated rings. The monoisotopic (exact) mass is 546 g/mol. The maximum atomic E-state index is 12.0. The van der Waals surface area contributed by atoms with Crippen molar-refractivity contribution in [1.29, 1.82) is 0 Å². The lowest BCUT2D eigenvalue weighted by molar-refractivity contribution is 0.0963. The van der Waals surface area contributed by atoms with E-state index in [2.05, 4.69) is 32.7 Å². The minimum Gasteiger partial charge on any atom is -0.397 e. The molecule has 0 aliphatic rings. The largest absolute Gasteiger partial charge is 0.397 e. The third-order valence-corrected chi connectivity index (χ3v) is 6.53. The van der Waals surface area contributed by atoms with Crippen molar-refractivity contribution in [3.63, 3.8) is 0 Å². The Kier molecular flexibility index (Phi) is 20.8. The summed E-state index contributed by atoms with van der Waals surface area (Å²) < 4.78 is 3.59. The third kappa shape index (κ3) is 16.9. The van der Waals surface area contributed by atoms with Crippen LogP contribution < -0.4 is 17.2 Å². The number of carbonyl (C=O) groups is 2. The van der Waals surface area contributed by atoms with Crippen LogP contribution in [0.5, 0.6) is 0 Å². The number of aromatic nitrogens is 2. The third-order valence-electron chi connectivity index (χ3n) is 6.53. The van der Waals surface area contributed by atoms with E-state index < -0.39 is 0 Å². The maximum Gasteiger partial charge on any atom is 0.179 e. The van der Waals surface area contributed by atoms with Crippen molar-refractivity contribution >= 4 is 22.9 Å². The van der Waals surface area contributed by atoms with E-state index in [-0.39, 0.29) is 11.6 Å². The van der Waals surface area contributed by atoms with Gasteiger partial charge in [-0.05, 0) is 64.5 Å². The van der Waals surface area contributed by atoms with E-state index in [1.807, 2.05) is 14.1 Å². The van der Waals surface area contributed by atoms with Crippen molar-refractivity contribution in [2.45, 2.75) is 97.8 Å². The fraction of sp³-hybridized carbons (Fsp3) is 0.677. The molecular weight excluding hydrogens is 488 g/mol. The van der Waals surface area contributed by atoms with Crippen LogP contribution in [0.3, 0.4) is 0 Å². The zero-order valence-electron chi connectivity index (χ0n) is 25.8. The second-order valence-electron chi connectivity index (χ2n) is 10.5. The van der Waals surface area contributed by atoms with Crippen molar-refractivity contribution in [2.24, 2.45) is 19.8 Å². The summed E-state index contributed by atoms with van der Waals surface area (Å²) in [6, 6.07) is 3.49. The number of nitrogen functional groups attached to an aromatic ring is 2. The van der Waals surface area contributed by atoms with Crippen molar-refractivity contribution in [1.82, 2.24) is 14.0 Å². The molecule has 0 aliphatic carbocycles. The molecule has 6 N–H and O–H groups in total. The van der Waals surface area contributed by atoms with E-state index in [0.717, 1.165) is 63.9 Å². The summed E-state index contributed by atoms with van der Waals surface area (Å²) in [5.41, 5.74) is 19.5. The number of nitrogens with two attached hydrogens (primary N) is 3. The van der Waals surface area contributed by atoms with Crippen LogP contribution in [0.15, 0.2) is 24.5 Å².